The second-order valence-corrected chi connectivity index (χ2v) is 5.03. The summed E-state index contributed by atoms with van der Waals surface area (Å²) in [5.74, 6) is -0.660. The van der Waals surface area contributed by atoms with Gasteiger partial charge in [-0.05, 0) is 64.3 Å². The van der Waals surface area contributed by atoms with E-state index in [9.17, 15) is 9.59 Å². The first-order valence-corrected chi connectivity index (χ1v) is 6.78. The van der Waals surface area contributed by atoms with Crippen LogP contribution in [0, 0.1) is 20.8 Å². The standard InChI is InChI=1S/C16H22O4/c1-7-19-16(18)15(17)14-10(4)8-13(20-9(2)3)11(5)12(14)6/h8-9H,7H2,1-6H3. The molecule has 0 atom stereocenters. The number of carbonyl (C=O) groups excluding carboxylic acids is 2. The van der Waals surface area contributed by atoms with Crippen molar-refractivity contribution in [2.24, 2.45) is 0 Å². The van der Waals surface area contributed by atoms with E-state index in [4.69, 9.17) is 9.47 Å². The number of hydrogen-bond donors (Lipinski definition) is 0. The van der Waals surface area contributed by atoms with E-state index in [-0.39, 0.29) is 12.7 Å². The van der Waals surface area contributed by atoms with Crippen molar-refractivity contribution in [3.63, 3.8) is 0 Å². The highest BCUT2D eigenvalue weighted by Crippen LogP contribution is 2.29. The van der Waals surface area contributed by atoms with Crippen molar-refractivity contribution in [1.29, 1.82) is 0 Å². The van der Waals surface area contributed by atoms with Gasteiger partial charge in [-0.15, -0.1) is 0 Å². The Bertz CT molecular complexity index is 530. The number of carbonyl (C=O) groups is 2. The maximum Gasteiger partial charge on any atom is 0.379 e. The average molecular weight is 278 g/mol. The molecule has 0 amide bonds. The van der Waals surface area contributed by atoms with Crippen LogP contribution in [-0.2, 0) is 9.53 Å². The lowest BCUT2D eigenvalue weighted by atomic mass is 9.94. The molecule has 1 aromatic rings. The van der Waals surface area contributed by atoms with Gasteiger partial charge in [-0.3, -0.25) is 4.79 Å². The highest BCUT2D eigenvalue weighted by Gasteiger charge is 2.24. The lowest BCUT2D eigenvalue weighted by Gasteiger charge is -2.18. The molecule has 4 nitrogen and oxygen atoms in total. The second kappa shape index (κ2) is 6.55. The van der Waals surface area contributed by atoms with Gasteiger partial charge in [0.15, 0.2) is 0 Å². The van der Waals surface area contributed by atoms with Crippen LogP contribution in [0.4, 0.5) is 0 Å². The van der Waals surface area contributed by atoms with Crippen LogP contribution >= 0.6 is 0 Å². The van der Waals surface area contributed by atoms with E-state index in [0.717, 1.165) is 22.4 Å². The van der Waals surface area contributed by atoms with Crippen molar-refractivity contribution in [3.8, 4) is 5.75 Å². The van der Waals surface area contributed by atoms with E-state index < -0.39 is 11.8 Å². The Morgan fingerprint density at radius 3 is 2.25 bits per heavy atom. The highest BCUT2D eigenvalue weighted by molar-refractivity contribution is 6.41. The topological polar surface area (TPSA) is 52.6 Å². The van der Waals surface area contributed by atoms with Crippen molar-refractivity contribution < 1.29 is 19.1 Å². The molecule has 0 spiro atoms. The molecule has 0 N–H and O–H groups in total. The first kappa shape index (κ1) is 16.2. The molecule has 0 fully saturated rings. The second-order valence-electron chi connectivity index (χ2n) is 5.03. The highest BCUT2D eigenvalue weighted by atomic mass is 16.5. The smallest absolute Gasteiger partial charge is 0.379 e. The van der Waals surface area contributed by atoms with Gasteiger partial charge in [0.25, 0.3) is 5.78 Å². The van der Waals surface area contributed by atoms with Crippen LogP contribution in [0.5, 0.6) is 5.75 Å². The zero-order valence-electron chi connectivity index (χ0n) is 13.0. The summed E-state index contributed by atoms with van der Waals surface area (Å²) < 4.78 is 10.5. The van der Waals surface area contributed by atoms with E-state index in [1.165, 1.54) is 0 Å². The minimum Gasteiger partial charge on any atom is -0.491 e. The van der Waals surface area contributed by atoms with Gasteiger partial charge in [0.1, 0.15) is 5.75 Å². The quantitative estimate of drug-likeness (QED) is 0.471. The minimum absolute atomic E-state index is 0.0547. The summed E-state index contributed by atoms with van der Waals surface area (Å²) in [6.45, 7) is 11.3. The summed E-state index contributed by atoms with van der Waals surface area (Å²) in [6.07, 6.45) is 0.0547. The Morgan fingerprint density at radius 2 is 1.75 bits per heavy atom. The first-order valence-electron chi connectivity index (χ1n) is 6.78. The van der Waals surface area contributed by atoms with Crippen LogP contribution < -0.4 is 4.74 Å². The van der Waals surface area contributed by atoms with E-state index in [2.05, 4.69) is 0 Å². The predicted octanol–water partition coefficient (Wildman–Crippen LogP) is 3.14. The third kappa shape index (κ3) is 3.38. The molecule has 20 heavy (non-hydrogen) atoms. The summed E-state index contributed by atoms with van der Waals surface area (Å²) in [5.41, 5.74) is 2.77. The normalized spacial score (nSPS) is 10.6. The molecule has 0 aliphatic carbocycles. The van der Waals surface area contributed by atoms with Gasteiger partial charge >= 0.3 is 5.97 Å². The SMILES string of the molecule is CCOC(=O)C(=O)c1c(C)cc(OC(C)C)c(C)c1C. The molecule has 0 saturated carbocycles. The molecule has 1 rings (SSSR count). The Labute approximate surface area is 120 Å². The van der Waals surface area contributed by atoms with Gasteiger partial charge in [-0.2, -0.15) is 0 Å². The Balaban J connectivity index is 3.26. The van der Waals surface area contributed by atoms with Crippen molar-refractivity contribution in [3.05, 3.63) is 28.3 Å². The third-order valence-corrected chi connectivity index (χ3v) is 3.10. The van der Waals surface area contributed by atoms with E-state index in [1.807, 2.05) is 27.7 Å². The van der Waals surface area contributed by atoms with Gasteiger partial charge in [-0.1, -0.05) is 0 Å². The molecule has 0 radical (unpaired) electrons. The van der Waals surface area contributed by atoms with Gasteiger partial charge in [-0.25, -0.2) is 4.79 Å². The zero-order valence-corrected chi connectivity index (χ0v) is 13.0. The fourth-order valence-corrected chi connectivity index (χ4v) is 2.07. The number of ketones is 1. The molecule has 0 heterocycles. The van der Waals surface area contributed by atoms with Crippen LogP contribution in [0.2, 0.25) is 0 Å². The first-order chi connectivity index (χ1) is 9.29. The molecule has 110 valence electrons. The molecule has 0 bridgehead atoms. The van der Waals surface area contributed by atoms with Gasteiger partial charge in [0, 0.05) is 5.56 Å². The number of aryl methyl sites for hydroxylation is 1. The fraction of sp³-hybridized carbons (Fsp3) is 0.500. The Morgan fingerprint density at radius 1 is 1.15 bits per heavy atom. The van der Waals surface area contributed by atoms with Crippen molar-refractivity contribution in [2.45, 2.75) is 47.6 Å². The summed E-state index contributed by atoms with van der Waals surface area (Å²) in [5, 5.41) is 0. The van der Waals surface area contributed by atoms with Crippen LogP contribution in [0.15, 0.2) is 6.07 Å². The lowest BCUT2D eigenvalue weighted by Crippen LogP contribution is -2.20. The number of rotatable bonds is 5. The molecular formula is C16H22O4. The number of ether oxygens (including phenoxy) is 2. The zero-order chi connectivity index (χ0) is 15.4. The summed E-state index contributed by atoms with van der Waals surface area (Å²) in [6, 6.07) is 1.80. The molecule has 0 aliphatic heterocycles. The minimum atomic E-state index is -0.810. The molecule has 4 heteroatoms. The maximum absolute atomic E-state index is 12.1. The Kier molecular flexibility index (Phi) is 5.31. The van der Waals surface area contributed by atoms with Crippen molar-refractivity contribution in [1.82, 2.24) is 0 Å². The number of benzene rings is 1. The van der Waals surface area contributed by atoms with Crippen LogP contribution in [0.25, 0.3) is 0 Å². The van der Waals surface area contributed by atoms with Gasteiger partial charge in [0.05, 0.1) is 12.7 Å². The largest absolute Gasteiger partial charge is 0.491 e. The molecule has 0 saturated heterocycles. The van der Waals surface area contributed by atoms with Crippen LogP contribution in [0.1, 0.15) is 47.8 Å². The Hall–Kier alpha value is -1.84. The van der Waals surface area contributed by atoms with E-state index in [0.29, 0.717) is 5.56 Å². The van der Waals surface area contributed by atoms with Crippen LogP contribution in [-0.4, -0.2) is 24.5 Å². The molecular weight excluding hydrogens is 256 g/mol. The van der Waals surface area contributed by atoms with Crippen LogP contribution in [0.3, 0.4) is 0 Å². The summed E-state index contributed by atoms with van der Waals surface area (Å²) in [7, 11) is 0. The molecule has 0 unspecified atom stereocenters. The maximum atomic E-state index is 12.1. The third-order valence-electron chi connectivity index (χ3n) is 3.10. The van der Waals surface area contributed by atoms with E-state index in [1.54, 1.807) is 19.9 Å². The van der Waals surface area contributed by atoms with Crippen molar-refractivity contribution >= 4 is 11.8 Å². The van der Waals surface area contributed by atoms with Gasteiger partial charge < -0.3 is 9.47 Å². The lowest BCUT2D eigenvalue weighted by molar-refractivity contribution is -0.137. The fourth-order valence-electron chi connectivity index (χ4n) is 2.07. The molecule has 0 aromatic heterocycles. The van der Waals surface area contributed by atoms with Gasteiger partial charge in [0.2, 0.25) is 0 Å². The number of esters is 1. The molecule has 0 aliphatic rings. The number of hydrogen-bond acceptors (Lipinski definition) is 4. The monoisotopic (exact) mass is 278 g/mol. The molecule has 1 aromatic carbocycles. The van der Waals surface area contributed by atoms with E-state index >= 15 is 0 Å². The average Bonchev–Trinajstić information content (AvgIpc) is 2.35. The predicted molar refractivity (Wildman–Crippen MR) is 77.4 cm³/mol. The summed E-state index contributed by atoms with van der Waals surface area (Å²) in [4.78, 5) is 23.8. The number of Topliss-reactive ketones (excluding diaryl/α,β-unsaturated/α-hetero) is 1. The van der Waals surface area contributed by atoms with Crippen molar-refractivity contribution in [2.75, 3.05) is 6.61 Å². The summed E-state index contributed by atoms with van der Waals surface area (Å²) >= 11 is 0.